The summed E-state index contributed by atoms with van der Waals surface area (Å²) >= 11 is 6.20. The maximum absolute atomic E-state index is 13.1. The molecule has 2 aromatic heterocycles. The molecule has 6 N–H and O–H groups in total. The molecule has 0 saturated carbocycles. The molecule has 1 atom stereocenters. The van der Waals surface area contributed by atoms with Crippen LogP contribution in [0.25, 0.3) is 0 Å². The average molecular weight is 377 g/mol. The lowest BCUT2D eigenvalue weighted by atomic mass is 10.1. The van der Waals surface area contributed by atoms with Gasteiger partial charge in [-0.3, -0.25) is 5.10 Å². The quantitative estimate of drug-likeness (QED) is 0.451. The van der Waals surface area contributed by atoms with E-state index in [0.29, 0.717) is 33.7 Å². The van der Waals surface area contributed by atoms with Crippen molar-refractivity contribution in [3.8, 4) is 0 Å². The van der Waals surface area contributed by atoms with E-state index in [0.717, 1.165) is 5.69 Å². The molecular formula is C17H18ClFN6O. The number of hydrogen-bond acceptors (Lipinski definition) is 6. The van der Waals surface area contributed by atoms with Gasteiger partial charge in [0.1, 0.15) is 5.82 Å². The zero-order valence-corrected chi connectivity index (χ0v) is 14.7. The number of aliphatic hydroxyl groups excluding tert-OH is 1. The molecule has 0 fully saturated rings. The number of halogens is 2. The van der Waals surface area contributed by atoms with Crippen molar-refractivity contribution in [3.63, 3.8) is 0 Å². The highest BCUT2D eigenvalue weighted by Gasteiger charge is 2.15. The van der Waals surface area contributed by atoms with Crippen LogP contribution < -0.4 is 16.4 Å². The second-order valence-corrected chi connectivity index (χ2v) is 6.16. The van der Waals surface area contributed by atoms with Crippen molar-refractivity contribution < 1.29 is 9.50 Å². The molecule has 1 aromatic carbocycles. The minimum atomic E-state index is -0.507. The molecule has 0 amide bonds. The fourth-order valence-corrected chi connectivity index (χ4v) is 2.61. The van der Waals surface area contributed by atoms with Crippen molar-refractivity contribution >= 4 is 34.7 Å². The molecule has 2 heterocycles. The summed E-state index contributed by atoms with van der Waals surface area (Å²) in [4.78, 5) is 4.39. The zero-order valence-electron chi connectivity index (χ0n) is 13.9. The van der Waals surface area contributed by atoms with Gasteiger partial charge in [0.2, 0.25) is 0 Å². The van der Waals surface area contributed by atoms with Crippen LogP contribution in [0.3, 0.4) is 0 Å². The van der Waals surface area contributed by atoms with Gasteiger partial charge < -0.3 is 21.5 Å². The van der Waals surface area contributed by atoms with Gasteiger partial charge in [0.25, 0.3) is 0 Å². The third-order valence-electron chi connectivity index (χ3n) is 3.72. The number of aromatic nitrogens is 3. The van der Waals surface area contributed by atoms with Gasteiger partial charge in [-0.15, -0.1) is 0 Å². The fourth-order valence-electron chi connectivity index (χ4n) is 2.40. The molecular weight excluding hydrogens is 359 g/mol. The number of H-pyrrole nitrogens is 1. The first-order valence-corrected chi connectivity index (χ1v) is 8.22. The molecule has 9 heteroatoms. The lowest BCUT2D eigenvalue weighted by Gasteiger charge is -2.19. The van der Waals surface area contributed by atoms with E-state index in [2.05, 4.69) is 25.8 Å². The van der Waals surface area contributed by atoms with E-state index in [-0.39, 0.29) is 12.4 Å². The number of nitrogens with zero attached hydrogens (tertiary/aromatic N) is 2. The Balaban J connectivity index is 1.86. The number of aromatic amines is 1. The highest BCUT2D eigenvalue weighted by atomic mass is 35.5. The van der Waals surface area contributed by atoms with E-state index in [4.69, 9.17) is 17.3 Å². The predicted molar refractivity (Wildman–Crippen MR) is 100 cm³/mol. The van der Waals surface area contributed by atoms with Gasteiger partial charge in [0.05, 0.1) is 23.4 Å². The first kappa shape index (κ1) is 18.0. The lowest BCUT2D eigenvalue weighted by molar-refractivity contribution is 0.276. The Morgan fingerprint density at radius 1 is 1.27 bits per heavy atom. The molecule has 136 valence electrons. The molecule has 0 saturated heterocycles. The van der Waals surface area contributed by atoms with Crippen molar-refractivity contribution in [2.75, 3.05) is 23.0 Å². The van der Waals surface area contributed by atoms with E-state index in [1.54, 1.807) is 24.3 Å². The van der Waals surface area contributed by atoms with Gasteiger partial charge in [-0.25, -0.2) is 9.37 Å². The van der Waals surface area contributed by atoms with Gasteiger partial charge in [-0.05, 0) is 30.7 Å². The highest BCUT2D eigenvalue weighted by Crippen LogP contribution is 2.31. The third-order valence-corrected chi connectivity index (χ3v) is 4.01. The number of pyridine rings is 1. The molecule has 7 nitrogen and oxygen atoms in total. The number of nitrogens with two attached hydrogens (primary N) is 1. The number of hydrogen-bond donors (Lipinski definition) is 5. The van der Waals surface area contributed by atoms with E-state index in [1.165, 1.54) is 12.1 Å². The highest BCUT2D eigenvalue weighted by molar-refractivity contribution is 6.33. The van der Waals surface area contributed by atoms with Gasteiger partial charge in [0, 0.05) is 11.8 Å². The Hall–Kier alpha value is -2.84. The number of nitrogens with one attached hydrogen (secondary N) is 3. The number of aliphatic hydroxyl groups is 1. The lowest BCUT2D eigenvalue weighted by Crippen LogP contribution is -2.17. The Morgan fingerprint density at radius 3 is 2.62 bits per heavy atom. The van der Waals surface area contributed by atoms with E-state index >= 15 is 0 Å². The van der Waals surface area contributed by atoms with E-state index in [9.17, 15) is 9.50 Å². The van der Waals surface area contributed by atoms with Crippen LogP contribution >= 0.6 is 11.6 Å². The molecule has 3 aromatic rings. The Labute approximate surface area is 154 Å². The monoisotopic (exact) mass is 376 g/mol. The Morgan fingerprint density at radius 2 is 2.00 bits per heavy atom. The van der Waals surface area contributed by atoms with Crippen LogP contribution in [0.4, 0.5) is 27.5 Å². The molecule has 0 bridgehead atoms. The van der Waals surface area contributed by atoms with Crippen LogP contribution in [-0.2, 0) is 0 Å². The number of nitrogen functional groups attached to an aromatic ring is 1. The van der Waals surface area contributed by atoms with E-state index in [1.807, 2.05) is 6.92 Å². The van der Waals surface area contributed by atoms with Crippen molar-refractivity contribution in [2.45, 2.75) is 13.0 Å². The van der Waals surface area contributed by atoms with Crippen LogP contribution in [0.1, 0.15) is 17.3 Å². The Bertz CT molecular complexity index is 899. The number of rotatable bonds is 6. The van der Waals surface area contributed by atoms with Crippen LogP contribution in [-0.4, -0.2) is 26.9 Å². The normalized spacial score (nSPS) is 12.0. The maximum atomic E-state index is 13.1. The smallest absolute Gasteiger partial charge is 0.153 e. The van der Waals surface area contributed by atoms with E-state index < -0.39 is 6.04 Å². The van der Waals surface area contributed by atoms with Gasteiger partial charge in [-0.2, -0.15) is 5.10 Å². The Kier molecular flexibility index (Phi) is 5.24. The number of benzene rings is 1. The third kappa shape index (κ3) is 4.04. The first-order chi connectivity index (χ1) is 12.5. The molecule has 0 aliphatic heterocycles. The summed E-state index contributed by atoms with van der Waals surface area (Å²) in [6, 6.07) is 8.67. The number of aryl methyl sites for hydroxylation is 1. The zero-order chi connectivity index (χ0) is 18.7. The second kappa shape index (κ2) is 7.59. The molecule has 0 aliphatic carbocycles. The molecule has 0 aliphatic rings. The summed E-state index contributed by atoms with van der Waals surface area (Å²) in [5, 5.41) is 23.0. The molecule has 0 spiro atoms. The summed E-state index contributed by atoms with van der Waals surface area (Å²) in [5.41, 5.74) is 7.89. The van der Waals surface area contributed by atoms with Gasteiger partial charge in [-0.1, -0.05) is 23.7 Å². The SMILES string of the molecule is Cc1cc(Nc2nc(N[C@@H](CO)c3ccc(F)cc3)c(N)cc2Cl)n[nH]1. The summed E-state index contributed by atoms with van der Waals surface area (Å²) in [7, 11) is 0. The van der Waals surface area contributed by atoms with Crippen molar-refractivity contribution in [1.29, 1.82) is 0 Å². The topological polar surface area (TPSA) is 112 Å². The standard InChI is InChI=1S/C17H18ClFN6O/c1-9-6-15(25-24-9)22-16-12(18)7-13(20)17(23-16)21-14(8-26)10-2-4-11(19)5-3-10/h2-7,14,26H,8,20H2,1H3,(H3,21,22,23,24,25)/t14-/m0/s1. The predicted octanol–water partition coefficient (Wildman–Crippen LogP) is 3.38. The largest absolute Gasteiger partial charge is 0.396 e. The van der Waals surface area contributed by atoms with Gasteiger partial charge >= 0.3 is 0 Å². The van der Waals surface area contributed by atoms with Crippen LogP contribution in [0.2, 0.25) is 5.02 Å². The summed E-state index contributed by atoms with van der Waals surface area (Å²) in [5.74, 6) is 0.915. The fraction of sp³-hybridized carbons (Fsp3) is 0.176. The minimum absolute atomic E-state index is 0.225. The minimum Gasteiger partial charge on any atom is -0.396 e. The molecule has 0 unspecified atom stereocenters. The van der Waals surface area contributed by atoms with Crippen LogP contribution in [0.15, 0.2) is 36.4 Å². The number of anilines is 4. The maximum Gasteiger partial charge on any atom is 0.153 e. The average Bonchev–Trinajstić information content (AvgIpc) is 3.02. The van der Waals surface area contributed by atoms with Crippen LogP contribution in [0, 0.1) is 12.7 Å². The van der Waals surface area contributed by atoms with Crippen LogP contribution in [0.5, 0.6) is 0 Å². The molecule has 0 radical (unpaired) electrons. The summed E-state index contributed by atoms with van der Waals surface area (Å²) in [6.07, 6.45) is 0. The first-order valence-electron chi connectivity index (χ1n) is 7.84. The van der Waals surface area contributed by atoms with Crippen molar-refractivity contribution in [2.24, 2.45) is 0 Å². The van der Waals surface area contributed by atoms with Crippen molar-refractivity contribution in [3.05, 3.63) is 58.5 Å². The summed E-state index contributed by atoms with van der Waals surface area (Å²) in [6.45, 7) is 1.65. The summed E-state index contributed by atoms with van der Waals surface area (Å²) < 4.78 is 13.1. The molecule has 3 rings (SSSR count). The van der Waals surface area contributed by atoms with Crippen molar-refractivity contribution in [1.82, 2.24) is 15.2 Å². The molecule has 26 heavy (non-hydrogen) atoms. The second-order valence-electron chi connectivity index (χ2n) is 5.75. The van der Waals surface area contributed by atoms with Gasteiger partial charge in [0.15, 0.2) is 17.5 Å².